The summed E-state index contributed by atoms with van der Waals surface area (Å²) in [6.07, 6.45) is 3.98. The fourth-order valence-corrected chi connectivity index (χ4v) is 1.46. The van der Waals surface area contributed by atoms with Crippen molar-refractivity contribution in [2.45, 2.75) is 44.6 Å². The summed E-state index contributed by atoms with van der Waals surface area (Å²) < 4.78 is 5.06. The van der Waals surface area contributed by atoms with Gasteiger partial charge in [0.1, 0.15) is 6.10 Å². The zero-order valence-corrected chi connectivity index (χ0v) is 7.49. The van der Waals surface area contributed by atoms with Crippen molar-refractivity contribution in [2.75, 3.05) is 0 Å². The quantitative estimate of drug-likeness (QED) is 0.673. The molecular weight excluding hydrogens is 172 g/mol. The van der Waals surface area contributed by atoms with E-state index in [0.29, 0.717) is 0 Å². The number of hydrogen-bond acceptors (Lipinski definition) is 3. The van der Waals surface area contributed by atoms with Crippen molar-refractivity contribution in [1.82, 2.24) is 0 Å². The summed E-state index contributed by atoms with van der Waals surface area (Å²) in [5.74, 6) is -1.34. The number of carbonyl (C=O) groups excluding carboxylic acids is 1. The average molecular weight is 186 g/mol. The first-order valence-corrected chi connectivity index (χ1v) is 4.60. The van der Waals surface area contributed by atoms with Crippen molar-refractivity contribution in [1.29, 1.82) is 0 Å². The summed E-state index contributed by atoms with van der Waals surface area (Å²) in [5.41, 5.74) is 0. The molecule has 0 heterocycles. The van der Waals surface area contributed by atoms with Crippen LogP contribution in [0.5, 0.6) is 0 Å². The lowest BCUT2D eigenvalue weighted by Gasteiger charge is -2.09. The van der Waals surface area contributed by atoms with Crippen LogP contribution in [0.1, 0.15) is 38.5 Å². The summed E-state index contributed by atoms with van der Waals surface area (Å²) in [4.78, 5) is 21.2. The van der Waals surface area contributed by atoms with Gasteiger partial charge in [-0.25, -0.2) is 0 Å². The molecule has 1 aliphatic carbocycles. The Morgan fingerprint density at radius 3 is 2.38 bits per heavy atom. The molecule has 0 aromatic heterocycles. The molecule has 1 N–H and O–H groups in total. The van der Waals surface area contributed by atoms with E-state index in [1.165, 1.54) is 0 Å². The van der Waals surface area contributed by atoms with Gasteiger partial charge in [0.05, 0.1) is 12.8 Å². The van der Waals surface area contributed by atoms with Crippen molar-refractivity contribution < 1.29 is 19.4 Å². The van der Waals surface area contributed by atoms with Gasteiger partial charge in [-0.05, 0) is 25.7 Å². The Balaban J connectivity index is 2.13. The van der Waals surface area contributed by atoms with E-state index < -0.39 is 5.97 Å². The van der Waals surface area contributed by atoms with Crippen LogP contribution in [0.3, 0.4) is 0 Å². The van der Waals surface area contributed by atoms with Crippen LogP contribution >= 0.6 is 0 Å². The second-order valence-corrected chi connectivity index (χ2v) is 3.29. The van der Waals surface area contributed by atoms with E-state index in [9.17, 15) is 9.59 Å². The van der Waals surface area contributed by atoms with E-state index in [1.54, 1.807) is 0 Å². The predicted octanol–water partition coefficient (Wildman–Crippen LogP) is 1.34. The molecule has 0 aromatic carbocycles. The molecule has 0 aliphatic heterocycles. The molecule has 1 saturated carbocycles. The van der Waals surface area contributed by atoms with Crippen LogP contribution in [0.2, 0.25) is 0 Å². The highest BCUT2D eigenvalue weighted by Gasteiger charge is 2.19. The molecule has 1 rings (SSSR count). The van der Waals surface area contributed by atoms with E-state index in [0.717, 1.165) is 25.7 Å². The molecule has 74 valence electrons. The lowest BCUT2D eigenvalue weighted by atomic mass is 10.3. The number of esters is 1. The average Bonchev–Trinajstić information content (AvgIpc) is 2.53. The van der Waals surface area contributed by atoms with Crippen LogP contribution in [0.15, 0.2) is 0 Å². The second-order valence-electron chi connectivity index (χ2n) is 3.29. The minimum Gasteiger partial charge on any atom is -0.481 e. The molecule has 0 saturated heterocycles. The number of ether oxygens (including phenoxy) is 1. The van der Waals surface area contributed by atoms with Gasteiger partial charge in [0, 0.05) is 0 Å². The molecule has 0 unspecified atom stereocenters. The van der Waals surface area contributed by atoms with Gasteiger partial charge in [0.25, 0.3) is 0 Å². The smallest absolute Gasteiger partial charge is 0.306 e. The normalized spacial score (nSPS) is 17.2. The lowest BCUT2D eigenvalue weighted by molar-refractivity contribution is -0.151. The highest BCUT2D eigenvalue weighted by Crippen LogP contribution is 2.21. The maximum Gasteiger partial charge on any atom is 0.306 e. The highest BCUT2D eigenvalue weighted by atomic mass is 16.5. The molecule has 0 bridgehead atoms. The van der Waals surface area contributed by atoms with Crippen molar-refractivity contribution in [2.24, 2.45) is 0 Å². The number of carboxylic acid groups (broad SMARTS) is 1. The molecule has 0 spiro atoms. The van der Waals surface area contributed by atoms with Gasteiger partial charge < -0.3 is 9.84 Å². The van der Waals surface area contributed by atoms with Crippen LogP contribution < -0.4 is 0 Å². The van der Waals surface area contributed by atoms with Gasteiger partial charge in [-0.15, -0.1) is 0 Å². The van der Waals surface area contributed by atoms with E-state index in [2.05, 4.69) is 0 Å². The number of hydrogen-bond donors (Lipinski definition) is 1. The molecule has 0 amide bonds. The van der Waals surface area contributed by atoms with Gasteiger partial charge in [0.2, 0.25) is 0 Å². The van der Waals surface area contributed by atoms with Crippen molar-refractivity contribution >= 4 is 11.9 Å². The maximum atomic E-state index is 11.0. The molecule has 0 aromatic rings. The van der Waals surface area contributed by atoms with Gasteiger partial charge in [-0.1, -0.05) is 0 Å². The minimum atomic E-state index is -0.955. The third-order valence-electron chi connectivity index (χ3n) is 2.14. The second kappa shape index (κ2) is 4.84. The van der Waals surface area contributed by atoms with Gasteiger partial charge in [-0.3, -0.25) is 9.59 Å². The van der Waals surface area contributed by atoms with E-state index in [1.807, 2.05) is 0 Å². The lowest BCUT2D eigenvalue weighted by Crippen LogP contribution is -2.15. The van der Waals surface area contributed by atoms with Crippen LogP contribution in [0, 0.1) is 0 Å². The summed E-state index contributed by atoms with van der Waals surface area (Å²) in [7, 11) is 0. The van der Waals surface area contributed by atoms with Crippen molar-refractivity contribution in [3.05, 3.63) is 0 Å². The Hall–Kier alpha value is -1.06. The zero-order valence-electron chi connectivity index (χ0n) is 7.49. The predicted molar refractivity (Wildman–Crippen MR) is 45.2 cm³/mol. The van der Waals surface area contributed by atoms with E-state index >= 15 is 0 Å². The summed E-state index contributed by atoms with van der Waals surface area (Å²) in [6.45, 7) is 0. The Bertz CT molecular complexity index is 194. The van der Waals surface area contributed by atoms with Crippen LogP contribution in [-0.4, -0.2) is 23.1 Å². The Labute approximate surface area is 76.9 Å². The van der Waals surface area contributed by atoms with Crippen molar-refractivity contribution in [3.8, 4) is 0 Å². The SMILES string of the molecule is O=C(O)CCC(=O)OC1CCCC1. The first-order chi connectivity index (χ1) is 6.18. The Morgan fingerprint density at radius 2 is 1.85 bits per heavy atom. The molecule has 0 atom stereocenters. The van der Waals surface area contributed by atoms with Crippen LogP contribution in [0.25, 0.3) is 0 Å². The molecule has 1 aliphatic rings. The van der Waals surface area contributed by atoms with Crippen LogP contribution in [0.4, 0.5) is 0 Å². The fraction of sp³-hybridized carbons (Fsp3) is 0.778. The fourth-order valence-electron chi connectivity index (χ4n) is 1.46. The summed E-state index contributed by atoms with van der Waals surface area (Å²) in [6, 6.07) is 0. The number of carboxylic acids is 1. The third-order valence-corrected chi connectivity index (χ3v) is 2.14. The van der Waals surface area contributed by atoms with E-state index in [4.69, 9.17) is 9.84 Å². The Kier molecular flexibility index (Phi) is 3.73. The molecule has 0 radical (unpaired) electrons. The standard InChI is InChI=1S/C9H14O4/c10-8(11)5-6-9(12)13-7-3-1-2-4-7/h7H,1-6H2,(H,10,11). The summed E-state index contributed by atoms with van der Waals surface area (Å²) >= 11 is 0. The number of carbonyl (C=O) groups is 2. The third kappa shape index (κ3) is 3.92. The molecule has 4 heteroatoms. The molecular formula is C9H14O4. The van der Waals surface area contributed by atoms with Crippen molar-refractivity contribution in [3.63, 3.8) is 0 Å². The first kappa shape index (κ1) is 10.0. The molecule has 13 heavy (non-hydrogen) atoms. The Morgan fingerprint density at radius 1 is 1.23 bits per heavy atom. The number of aliphatic carboxylic acids is 1. The zero-order chi connectivity index (χ0) is 9.68. The topological polar surface area (TPSA) is 63.6 Å². The molecule has 4 nitrogen and oxygen atoms in total. The monoisotopic (exact) mass is 186 g/mol. The van der Waals surface area contributed by atoms with E-state index in [-0.39, 0.29) is 24.9 Å². The van der Waals surface area contributed by atoms with Gasteiger partial charge in [0.15, 0.2) is 0 Å². The van der Waals surface area contributed by atoms with Gasteiger partial charge >= 0.3 is 11.9 Å². The maximum absolute atomic E-state index is 11.0. The van der Waals surface area contributed by atoms with Crippen LogP contribution in [-0.2, 0) is 14.3 Å². The minimum absolute atomic E-state index is 0.00810. The molecule has 1 fully saturated rings. The van der Waals surface area contributed by atoms with Gasteiger partial charge in [-0.2, -0.15) is 0 Å². The highest BCUT2D eigenvalue weighted by molar-refractivity contribution is 5.76. The first-order valence-electron chi connectivity index (χ1n) is 4.60. The largest absolute Gasteiger partial charge is 0.481 e. The summed E-state index contributed by atoms with van der Waals surface area (Å²) in [5, 5.41) is 8.32. The number of rotatable bonds is 4.